The minimum Gasteiger partial charge on any atom is -0.476 e. The third kappa shape index (κ3) is 7.14. The molecule has 1 aliphatic heterocycles. The Morgan fingerprint density at radius 3 is 2.49 bits per heavy atom. The SMILES string of the molecule is CC(=O)N[C@H]1[C@H]([C@H](O)[C@H](O)CO)O[C@@](Oc2ccc(-n3cc(C4(NC(N)=O)CCCCC4)nn3)cc2C(F)F)(C(=O)O)C[C@@H]1O. The van der Waals surface area contributed by atoms with Gasteiger partial charge in [0, 0.05) is 6.92 Å². The molecule has 1 saturated carbocycles. The molecule has 2 aliphatic rings. The molecule has 9 N–H and O–H groups in total. The van der Waals surface area contributed by atoms with Crippen LogP contribution in [0.1, 0.15) is 63.1 Å². The van der Waals surface area contributed by atoms with Crippen LogP contribution in [0.15, 0.2) is 24.4 Å². The molecule has 0 unspecified atom stereocenters. The minimum absolute atomic E-state index is 0.0838. The van der Waals surface area contributed by atoms with Gasteiger partial charge in [-0.25, -0.2) is 23.1 Å². The fourth-order valence-corrected chi connectivity index (χ4v) is 5.80. The van der Waals surface area contributed by atoms with Gasteiger partial charge in [0.05, 0.1) is 48.2 Å². The number of rotatable bonds is 11. The summed E-state index contributed by atoms with van der Waals surface area (Å²) in [7, 11) is 0. The second-order valence-corrected chi connectivity index (χ2v) is 11.2. The lowest BCUT2D eigenvalue weighted by molar-refractivity contribution is -0.284. The van der Waals surface area contributed by atoms with Gasteiger partial charge in [-0.05, 0) is 31.0 Å². The van der Waals surface area contributed by atoms with Gasteiger partial charge >= 0.3 is 17.8 Å². The van der Waals surface area contributed by atoms with Crippen LogP contribution in [0, 0.1) is 0 Å². The summed E-state index contributed by atoms with van der Waals surface area (Å²) in [4.78, 5) is 36.0. The van der Waals surface area contributed by atoms with Crippen LogP contribution in [-0.4, -0.2) is 101 Å². The molecule has 6 atom stereocenters. The van der Waals surface area contributed by atoms with Crippen LogP contribution < -0.4 is 21.1 Å². The third-order valence-electron chi connectivity index (χ3n) is 8.01. The monoisotopic (exact) mass is 642 g/mol. The first kappa shape index (κ1) is 33.9. The molecule has 2 fully saturated rings. The second-order valence-electron chi connectivity index (χ2n) is 11.2. The topological polar surface area (TPSA) is 252 Å². The Hall–Kier alpha value is -3.97. The minimum atomic E-state index is -3.21. The van der Waals surface area contributed by atoms with E-state index >= 15 is 0 Å². The molecule has 45 heavy (non-hydrogen) atoms. The van der Waals surface area contributed by atoms with E-state index in [-0.39, 0.29) is 5.69 Å². The first-order chi connectivity index (χ1) is 21.2. The summed E-state index contributed by atoms with van der Waals surface area (Å²) >= 11 is 0. The number of nitrogens with one attached hydrogen (secondary N) is 2. The number of nitrogens with zero attached hydrogens (tertiary/aromatic N) is 3. The van der Waals surface area contributed by atoms with Crippen molar-refractivity contribution < 1.29 is 58.2 Å². The van der Waals surface area contributed by atoms with E-state index in [1.54, 1.807) is 0 Å². The summed E-state index contributed by atoms with van der Waals surface area (Å²) in [6, 6.07) is 1.07. The van der Waals surface area contributed by atoms with E-state index in [0.29, 0.717) is 18.5 Å². The number of aliphatic hydroxyl groups is 4. The lowest BCUT2D eigenvalue weighted by Crippen LogP contribution is -2.68. The molecule has 0 radical (unpaired) electrons. The molecule has 2 heterocycles. The van der Waals surface area contributed by atoms with Crippen molar-refractivity contribution in [2.45, 2.75) is 93.7 Å². The first-order valence-corrected chi connectivity index (χ1v) is 14.2. The van der Waals surface area contributed by atoms with Gasteiger partial charge < -0.3 is 51.4 Å². The fourth-order valence-electron chi connectivity index (χ4n) is 5.80. The maximum absolute atomic E-state index is 14.4. The van der Waals surface area contributed by atoms with Crippen LogP contribution in [0.5, 0.6) is 5.75 Å². The smallest absolute Gasteiger partial charge is 0.377 e. The number of urea groups is 1. The molecule has 18 heteroatoms. The van der Waals surface area contributed by atoms with Crippen LogP contribution in [-0.2, 0) is 19.9 Å². The molecule has 3 amide bonds. The first-order valence-electron chi connectivity index (χ1n) is 14.2. The summed E-state index contributed by atoms with van der Waals surface area (Å²) in [5.74, 6) is -6.11. The van der Waals surface area contributed by atoms with Gasteiger partial charge in [0.25, 0.3) is 6.43 Å². The zero-order chi connectivity index (χ0) is 33.1. The Labute approximate surface area is 255 Å². The van der Waals surface area contributed by atoms with Crippen molar-refractivity contribution in [3.8, 4) is 11.4 Å². The van der Waals surface area contributed by atoms with Gasteiger partial charge in [-0.1, -0.05) is 24.5 Å². The number of aliphatic carboxylic acids is 1. The molecule has 2 aromatic rings. The summed E-state index contributed by atoms with van der Waals surface area (Å²) in [5.41, 5.74) is 4.18. The highest BCUT2D eigenvalue weighted by molar-refractivity contribution is 5.77. The van der Waals surface area contributed by atoms with Gasteiger partial charge in [-0.15, -0.1) is 5.10 Å². The van der Waals surface area contributed by atoms with Crippen molar-refractivity contribution in [1.82, 2.24) is 25.6 Å². The number of hydrogen-bond acceptors (Lipinski definition) is 11. The predicted molar refractivity (Wildman–Crippen MR) is 147 cm³/mol. The molecule has 248 valence electrons. The molecular weight excluding hydrogens is 606 g/mol. The molecule has 1 aliphatic carbocycles. The van der Waals surface area contributed by atoms with Crippen molar-refractivity contribution >= 4 is 17.9 Å². The standard InChI is InChI=1S/C27H36F2N6O10/c1-13(37)31-20-16(38)10-27(24(41)42,45-22(20)21(40)17(39)12-36)44-18-6-5-14(9-15(18)23(28)29)35-11-19(33-34-35)26(32-25(30)43)7-3-2-4-8-26/h5-6,9,11,16-17,20-23,36,38-40H,2-4,7-8,10,12H2,1H3,(H,31,37)(H,41,42)(H3,30,32,43)/t16-,17+,20+,21+,22+,27+/m0/s1. The fraction of sp³-hybridized carbons (Fsp3) is 0.593. The number of alkyl halides is 2. The van der Waals surface area contributed by atoms with E-state index in [0.717, 1.165) is 38.3 Å². The molecule has 0 spiro atoms. The van der Waals surface area contributed by atoms with E-state index in [1.807, 2.05) is 0 Å². The summed E-state index contributed by atoms with van der Waals surface area (Å²) < 4.78 is 41.0. The number of aliphatic hydroxyl groups excluding tert-OH is 4. The number of halogens is 2. The molecule has 4 rings (SSSR count). The molecule has 1 aromatic heterocycles. The van der Waals surface area contributed by atoms with E-state index < -0.39 is 90.5 Å². The number of carboxylic acid groups (broad SMARTS) is 1. The molecule has 0 bridgehead atoms. The van der Waals surface area contributed by atoms with Crippen molar-refractivity contribution in [2.24, 2.45) is 5.73 Å². The van der Waals surface area contributed by atoms with Crippen LogP contribution in [0.2, 0.25) is 0 Å². The highest BCUT2D eigenvalue weighted by atomic mass is 19.3. The molecule has 1 saturated heterocycles. The van der Waals surface area contributed by atoms with Gasteiger partial charge in [0.1, 0.15) is 29.8 Å². The summed E-state index contributed by atoms with van der Waals surface area (Å²) in [5, 5.41) is 64.0. The average molecular weight is 643 g/mol. The van der Waals surface area contributed by atoms with Crippen LogP contribution in [0.3, 0.4) is 0 Å². The number of carbonyl (C=O) groups excluding carboxylic acids is 2. The Morgan fingerprint density at radius 2 is 1.91 bits per heavy atom. The third-order valence-corrected chi connectivity index (χ3v) is 8.01. The normalized spacial score (nSPS) is 26.1. The van der Waals surface area contributed by atoms with Crippen LogP contribution in [0.4, 0.5) is 13.6 Å². The van der Waals surface area contributed by atoms with E-state index in [4.69, 9.17) is 15.2 Å². The van der Waals surface area contributed by atoms with Gasteiger partial charge in [-0.2, -0.15) is 0 Å². The van der Waals surface area contributed by atoms with Crippen molar-refractivity contribution in [1.29, 1.82) is 0 Å². The Kier molecular flexibility index (Phi) is 10.2. The second kappa shape index (κ2) is 13.6. The number of carboxylic acids is 1. The highest BCUT2D eigenvalue weighted by Crippen LogP contribution is 2.40. The average Bonchev–Trinajstić information content (AvgIpc) is 3.49. The van der Waals surface area contributed by atoms with Crippen LogP contribution in [0.25, 0.3) is 5.69 Å². The van der Waals surface area contributed by atoms with Crippen molar-refractivity contribution in [3.63, 3.8) is 0 Å². The number of aromatic nitrogens is 3. The lowest BCUT2D eigenvalue weighted by Gasteiger charge is -2.46. The van der Waals surface area contributed by atoms with E-state index in [9.17, 15) is 48.7 Å². The van der Waals surface area contributed by atoms with Gasteiger partial charge in [0.2, 0.25) is 5.91 Å². The van der Waals surface area contributed by atoms with Gasteiger partial charge in [0.15, 0.2) is 0 Å². The van der Waals surface area contributed by atoms with Crippen molar-refractivity contribution in [2.75, 3.05) is 6.61 Å². The number of amides is 3. The zero-order valence-corrected chi connectivity index (χ0v) is 24.2. The zero-order valence-electron chi connectivity index (χ0n) is 24.2. The van der Waals surface area contributed by atoms with E-state index in [2.05, 4.69) is 20.9 Å². The predicted octanol–water partition coefficient (Wildman–Crippen LogP) is -0.439. The van der Waals surface area contributed by atoms with Crippen molar-refractivity contribution in [3.05, 3.63) is 35.7 Å². The van der Waals surface area contributed by atoms with Crippen LogP contribution >= 0.6 is 0 Å². The number of ether oxygens (including phenoxy) is 2. The maximum Gasteiger partial charge on any atom is 0.377 e. The molecule has 1 aromatic carbocycles. The lowest BCUT2D eigenvalue weighted by atomic mass is 9.79. The number of hydrogen-bond donors (Lipinski definition) is 8. The van der Waals surface area contributed by atoms with Gasteiger partial charge in [-0.3, -0.25) is 4.79 Å². The highest BCUT2D eigenvalue weighted by Gasteiger charge is 2.57. The maximum atomic E-state index is 14.4. The summed E-state index contributed by atoms with van der Waals surface area (Å²) in [6.07, 6.45) is -6.59. The molecular formula is C27H36F2N6O10. The largest absolute Gasteiger partial charge is 0.476 e. The quantitative estimate of drug-likeness (QED) is 0.155. The summed E-state index contributed by atoms with van der Waals surface area (Å²) in [6.45, 7) is 0.0809. The number of primary amides is 1. The van der Waals surface area contributed by atoms with E-state index in [1.165, 1.54) is 16.9 Å². The number of nitrogens with two attached hydrogens (primary N) is 1. The Bertz CT molecular complexity index is 1390. The number of carbonyl (C=O) groups is 3. The Morgan fingerprint density at radius 1 is 1.22 bits per heavy atom. The molecule has 16 nitrogen and oxygen atoms in total. The Balaban J connectivity index is 1.69. The number of benzene rings is 1.